The molecule has 152 valence electrons. The molecule has 4 rings (SSSR count). The van der Waals surface area contributed by atoms with Gasteiger partial charge in [0.1, 0.15) is 12.4 Å². The summed E-state index contributed by atoms with van der Waals surface area (Å²) in [5, 5.41) is 8.88. The zero-order chi connectivity index (χ0) is 20.2. The maximum absolute atomic E-state index is 13.3. The number of hydrogen-bond acceptors (Lipinski definition) is 6. The van der Waals surface area contributed by atoms with Crippen molar-refractivity contribution in [1.82, 2.24) is 20.3 Å². The van der Waals surface area contributed by atoms with Gasteiger partial charge in [0.25, 0.3) is 5.91 Å². The van der Waals surface area contributed by atoms with Gasteiger partial charge >= 0.3 is 6.03 Å². The van der Waals surface area contributed by atoms with Crippen molar-refractivity contribution in [1.29, 1.82) is 0 Å². The molecular formula is C20H22N4O5. The average molecular weight is 398 g/mol. The fourth-order valence-electron chi connectivity index (χ4n) is 3.56. The third-order valence-corrected chi connectivity index (χ3v) is 5.14. The van der Waals surface area contributed by atoms with E-state index < -0.39 is 5.91 Å². The summed E-state index contributed by atoms with van der Waals surface area (Å²) in [7, 11) is 0. The number of carbonyl (C=O) groups excluding carboxylic acids is 2. The first-order valence-corrected chi connectivity index (χ1v) is 9.41. The smallest absolute Gasteiger partial charge is 0.321 e. The lowest BCUT2D eigenvalue weighted by Gasteiger charge is -2.36. The molecule has 3 heterocycles. The van der Waals surface area contributed by atoms with Crippen molar-refractivity contribution < 1.29 is 24.3 Å². The van der Waals surface area contributed by atoms with Crippen LogP contribution in [0, 0.1) is 0 Å². The Morgan fingerprint density at radius 3 is 2.76 bits per heavy atom. The van der Waals surface area contributed by atoms with E-state index in [1.54, 1.807) is 45.9 Å². The van der Waals surface area contributed by atoms with Crippen LogP contribution >= 0.6 is 0 Å². The van der Waals surface area contributed by atoms with Gasteiger partial charge in [-0.3, -0.25) is 15.0 Å². The van der Waals surface area contributed by atoms with Crippen molar-refractivity contribution in [2.24, 2.45) is 0 Å². The number of benzene rings is 1. The summed E-state index contributed by atoms with van der Waals surface area (Å²) in [5.74, 6) is -0.108. The van der Waals surface area contributed by atoms with E-state index in [0.717, 1.165) is 11.1 Å². The van der Waals surface area contributed by atoms with Gasteiger partial charge in [0.15, 0.2) is 0 Å². The Morgan fingerprint density at radius 2 is 2.03 bits per heavy atom. The normalized spacial score (nSPS) is 19.0. The predicted molar refractivity (Wildman–Crippen MR) is 101 cm³/mol. The van der Waals surface area contributed by atoms with E-state index in [1.165, 1.54) is 0 Å². The molecule has 1 aromatic heterocycles. The second-order valence-electron chi connectivity index (χ2n) is 6.89. The highest BCUT2D eigenvalue weighted by atomic mass is 16.5. The molecule has 1 saturated heterocycles. The minimum atomic E-state index is -0.620. The number of carbonyl (C=O) groups is 2. The van der Waals surface area contributed by atoms with Crippen LogP contribution in [0.4, 0.5) is 4.79 Å². The van der Waals surface area contributed by atoms with E-state index in [2.05, 4.69) is 4.98 Å². The van der Waals surface area contributed by atoms with E-state index in [-0.39, 0.29) is 24.2 Å². The summed E-state index contributed by atoms with van der Waals surface area (Å²) in [5.41, 5.74) is 3.55. The Balaban J connectivity index is 1.68. The van der Waals surface area contributed by atoms with Crippen LogP contribution in [0.15, 0.2) is 42.7 Å². The van der Waals surface area contributed by atoms with Gasteiger partial charge in [-0.1, -0.05) is 12.1 Å². The monoisotopic (exact) mass is 398 g/mol. The average Bonchev–Trinajstić information content (AvgIpc) is 2.98. The molecule has 0 bridgehead atoms. The molecule has 2 aliphatic heterocycles. The molecule has 2 aromatic rings. The highest BCUT2D eigenvalue weighted by Crippen LogP contribution is 2.33. The molecule has 9 nitrogen and oxygen atoms in total. The van der Waals surface area contributed by atoms with Gasteiger partial charge in [-0.2, -0.15) is 0 Å². The molecule has 0 unspecified atom stereocenters. The SMILES string of the molecule is O=C(NO)c1ccc2c(c1)OC[C@@H](c1cccnc1)N(C(=O)N1CCOCC1)C2. The highest BCUT2D eigenvalue weighted by molar-refractivity contribution is 5.93. The maximum atomic E-state index is 13.3. The van der Waals surface area contributed by atoms with Crippen molar-refractivity contribution in [3.63, 3.8) is 0 Å². The molecule has 2 N–H and O–H groups in total. The van der Waals surface area contributed by atoms with Crippen LogP contribution in [-0.2, 0) is 11.3 Å². The lowest BCUT2D eigenvalue weighted by Crippen LogP contribution is -2.49. The summed E-state index contributed by atoms with van der Waals surface area (Å²) in [4.78, 5) is 32.8. The fraction of sp³-hybridized carbons (Fsp3) is 0.350. The molecule has 1 fully saturated rings. The van der Waals surface area contributed by atoms with Crippen molar-refractivity contribution in [3.05, 3.63) is 59.4 Å². The number of nitrogens with zero attached hydrogens (tertiary/aromatic N) is 3. The first-order valence-electron chi connectivity index (χ1n) is 9.41. The van der Waals surface area contributed by atoms with Crippen LogP contribution in [0.25, 0.3) is 0 Å². The quantitative estimate of drug-likeness (QED) is 0.588. The van der Waals surface area contributed by atoms with Gasteiger partial charge in [-0.05, 0) is 23.8 Å². The lowest BCUT2D eigenvalue weighted by molar-refractivity contribution is 0.0362. The number of aromatic nitrogens is 1. The number of urea groups is 1. The van der Waals surface area contributed by atoms with E-state index in [0.29, 0.717) is 38.6 Å². The summed E-state index contributed by atoms with van der Waals surface area (Å²) >= 11 is 0. The topological polar surface area (TPSA) is 104 Å². The number of morpholine rings is 1. The Kier molecular flexibility index (Phi) is 5.59. The van der Waals surface area contributed by atoms with Gasteiger partial charge in [0.05, 0.1) is 25.8 Å². The standard InChI is InChI=1S/C20H22N4O5/c25-19(22-27)14-3-4-16-12-24(20(26)23-6-8-28-9-7-23)17(13-29-18(16)10-14)15-2-1-5-21-11-15/h1-5,10-11,17,27H,6-9,12-13H2,(H,22,25)/t17-/m0/s1. The molecule has 0 aliphatic carbocycles. The first-order chi connectivity index (χ1) is 14.2. The van der Waals surface area contributed by atoms with Crippen molar-refractivity contribution in [2.75, 3.05) is 32.9 Å². The van der Waals surface area contributed by atoms with Crippen molar-refractivity contribution in [3.8, 4) is 5.75 Å². The number of fused-ring (bicyclic) bond motifs is 1. The second kappa shape index (κ2) is 8.46. The van der Waals surface area contributed by atoms with E-state index in [1.807, 2.05) is 12.1 Å². The molecule has 3 amide bonds. The number of pyridine rings is 1. The van der Waals surface area contributed by atoms with Crippen LogP contribution in [0.2, 0.25) is 0 Å². The number of hydroxylamine groups is 1. The number of ether oxygens (including phenoxy) is 2. The number of rotatable bonds is 2. The maximum Gasteiger partial charge on any atom is 0.321 e. The molecule has 0 radical (unpaired) electrons. The van der Waals surface area contributed by atoms with Gasteiger partial charge in [0, 0.05) is 36.6 Å². The molecule has 1 atom stereocenters. The Hall–Kier alpha value is -3.17. The van der Waals surface area contributed by atoms with Crippen LogP contribution in [0.1, 0.15) is 27.5 Å². The molecular weight excluding hydrogens is 376 g/mol. The zero-order valence-electron chi connectivity index (χ0n) is 15.8. The van der Waals surface area contributed by atoms with Gasteiger partial charge in [-0.25, -0.2) is 10.3 Å². The Morgan fingerprint density at radius 1 is 1.21 bits per heavy atom. The second-order valence-corrected chi connectivity index (χ2v) is 6.89. The van der Waals surface area contributed by atoms with Crippen LogP contribution in [0.3, 0.4) is 0 Å². The number of nitrogens with one attached hydrogen (secondary N) is 1. The van der Waals surface area contributed by atoms with Crippen molar-refractivity contribution in [2.45, 2.75) is 12.6 Å². The molecule has 0 spiro atoms. The Bertz CT molecular complexity index is 886. The first kappa shape index (κ1) is 19.2. The summed E-state index contributed by atoms with van der Waals surface area (Å²) < 4.78 is 11.4. The molecule has 29 heavy (non-hydrogen) atoms. The van der Waals surface area contributed by atoms with Gasteiger partial charge < -0.3 is 19.3 Å². The predicted octanol–water partition coefficient (Wildman–Crippen LogP) is 1.59. The molecule has 9 heteroatoms. The third kappa shape index (κ3) is 4.01. The van der Waals surface area contributed by atoms with Crippen LogP contribution in [-0.4, -0.2) is 64.8 Å². The largest absolute Gasteiger partial charge is 0.491 e. The fourth-order valence-corrected chi connectivity index (χ4v) is 3.56. The molecule has 1 aromatic carbocycles. The number of hydrogen-bond donors (Lipinski definition) is 2. The summed E-state index contributed by atoms with van der Waals surface area (Å²) in [6.45, 7) is 2.66. The molecule has 0 saturated carbocycles. The minimum Gasteiger partial charge on any atom is -0.491 e. The zero-order valence-corrected chi connectivity index (χ0v) is 15.8. The lowest BCUT2D eigenvalue weighted by atomic mass is 10.1. The molecule has 2 aliphatic rings. The summed E-state index contributed by atoms with van der Waals surface area (Å²) in [6.07, 6.45) is 3.41. The third-order valence-electron chi connectivity index (χ3n) is 5.14. The summed E-state index contributed by atoms with van der Waals surface area (Å²) in [6, 6.07) is 8.23. The van der Waals surface area contributed by atoms with E-state index in [4.69, 9.17) is 14.7 Å². The minimum absolute atomic E-state index is 0.0872. The Labute approximate surface area is 167 Å². The highest BCUT2D eigenvalue weighted by Gasteiger charge is 2.33. The van der Waals surface area contributed by atoms with Crippen LogP contribution in [0.5, 0.6) is 5.75 Å². The van der Waals surface area contributed by atoms with Gasteiger partial charge in [0.2, 0.25) is 0 Å². The van der Waals surface area contributed by atoms with E-state index in [9.17, 15) is 9.59 Å². The van der Waals surface area contributed by atoms with Crippen molar-refractivity contribution >= 4 is 11.9 Å². The van der Waals surface area contributed by atoms with E-state index >= 15 is 0 Å². The number of amides is 3. The van der Waals surface area contributed by atoms with Gasteiger partial charge in [-0.15, -0.1) is 0 Å². The van der Waals surface area contributed by atoms with Crippen LogP contribution < -0.4 is 10.2 Å².